The fourth-order valence-electron chi connectivity index (χ4n) is 6.37. The first kappa shape index (κ1) is 44.8. The second-order valence-corrected chi connectivity index (χ2v) is 14.9. The van der Waals surface area contributed by atoms with Crippen LogP contribution in [0.4, 0.5) is 0 Å². The van der Waals surface area contributed by atoms with Crippen LogP contribution in [-0.4, -0.2) is 21.1 Å². The summed E-state index contributed by atoms with van der Waals surface area (Å²) in [6.07, 6.45) is 44.0. The van der Waals surface area contributed by atoms with Crippen LogP contribution in [0.3, 0.4) is 0 Å². The Labute approximate surface area is 283 Å². The van der Waals surface area contributed by atoms with E-state index < -0.39 is 10.4 Å². The van der Waals surface area contributed by atoms with Gasteiger partial charge in [-0.3, -0.25) is 0 Å². The van der Waals surface area contributed by atoms with Crippen LogP contribution in [0.5, 0.6) is 0 Å². The number of hydrogen-bond acceptors (Lipinski definition) is 5. The minimum Gasteiger partial charge on any atom is -0.243 e. The van der Waals surface area contributed by atoms with E-state index >= 15 is 0 Å². The Hall–Kier alpha value is -0.170. The number of unbranched alkanes of at least 4 members (excludes halogenated alkanes) is 30. The smallest absolute Gasteiger partial charge is 0.243 e. The topological polar surface area (TPSA) is 61.8 Å². The van der Waals surface area contributed by atoms with Gasteiger partial charge in [-0.25, -0.2) is 9.07 Å². The van der Waals surface area contributed by atoms with Crippen LogP contribution in [0.2, 0.25) is 0 Å². The van der Waals surface area contributed by atoms with Gasteiger partial charge in [-0.05, 0) is 19.8 Å². The fraction of sp³-hybridized carbons (Fsp3) is 1.00. The summed E-state index contributed by atoms with van der Waals surface area (Å²) in [4.78, 5) is 4.66. The van der Waals surface area contributed by atoms with Gasteiger partial charge in [0.05, 0.1) is 12.7 Å². The third kappa shape index (κ3) is 36.5. The highest BCUT2D eigenvalue weighted by Gasteiger charge is 2.21. The maximum absolute atomic E-state index is 12.2. The van der Waals surface area contributed by atoms with Gasteiger partial charge in [0.1, 0.15) is 0 Å². The molecule has 0 saturated carbocycles. The van der Waals surface area contributed by atoms with Crippen LogP contribution in [0.15, 0.2) is 0 Å². The zero-order valence-corrected chi connectivity index (χ0v) is 31.6. The van der Waals surface area contributed by atoms with E-state index in [1.807, 2.05) is 0 Å². The van der Waals surface area contributed by atoms with Crippen LogP contribution < -0.4 is 0 Å². The minimum atomic E-state index is -4.11. The van der Waals surface area contributed by atoms with Crippen molar-refractivity contribution in [2.45, 2.75) is 245 Å². The summed E-state index contributed by atoms with van der Waals surface area (Å²) in [5.74, 6) is 0. The molecule has 0 N–H and O–H groups in total. The molecular formula is C39H80O5S. The lowest BCUT2D eigenvalue weighted by Crippen LogP contribution is -2.21. The van der Waals surface area contributed by atoms with E-state index in [1.54, 1.807) is 6.92 Å². The van der Waals surface area contributed by atoms with Gasteiger partial charge >= 0.3 is 10.4 Å². The van der Waals surface area contributed by atoms with E-state index in [0.29, 0.717) is 0 Å². The first-order valence-electron chi connectivity index (χ1n) is 20.3. The van der Waals surface area contributed by atoms with E-state index in [-0.39, 0.29) is 12.7 Å². The molecule has 0 aliphatic heterocycles. The summed E-state index contributed by atoms with van der Waals surface area (Å²) in [6, 6.07) is 0. The van der Waals surface area contributed by atoms with Crippen molar-refractivity contribution in [2.24, 2.45) is 0 Å². The molecule has 45 heavy (non-hydrogen) atoms. The molecule has 0 atom stereocenters. The molecular weight excluding hydrogens is 580 g/mol. The monoisotopic (exact) mass is 661 g/mol. The van der Waals surface area contributed by atoms with Crippen molar-refractivity contribution in [1.82, 2.24) is 0 Å². The van der Waals surface area contributed by atoms with Crippen LogP contribution in [0.25, 0.3) is 0 Å². The molecule has 0 aliphatic carbocycles. The average molecular weight is 661 g/mol. The van der Waals surface area contributed by atoms with E-state index in [4.69, 9.17) is 4.18 Å². The Kier molecular flexibility index (Phi) is 36.5. The lowest BCUT2D eigenvalue weighted by atomic mass is 10.0. The van der Waals surface area contributed by atoms with Crippen molar-refractivity contribution in [1.29, 1.82) is 0 Å². The summed E-state index contributed by atoms with van der Waals surface area (Å²) >= 11 is 0. The summed E-state index contributed by atoms with van der Waals surface area (Å²) in [5, 5.41) is 0. The van der Waals surface area contributed by atoms with E-state index in [1.165, 1.54) is 180 Å². The van der Waals surface area contributed by atoms with Gasteiger partial charge in [0.15, 0.2) is 0 Å². The molecule has 0 aliphatic rings. The first-order chi connectivity index (χ1) is 22.1. The van der Waals surface area contributed by atoms with Gasteiger partial charge in [-0.15, -0.1) is 0 Å². The Morgan fingerprint density at radius 2 is 0.622 bits per heavy atom. The van der Waals surface area contributed by atoms with Crippen molar-refractivity contribution in [2.75, 3.05) is 6.61 Å². The summed E-state index contributed by atoms with van der Waals surface area (Å²) in [7, 11) is -4.11. The molecule has 0 aromatic carbocycles. The third-order valence-electron chi connectivity index (χ3n) is 9.26. The quantitative estimate of drug-likeness (QED) is 0.0373. The molecule has 0 aromatic heterocycles. The Balaban J connectivity index is 3.84. The lowest BCUT2D eigenvalue weighted by molar-refractivity contribution is -0.206. The molecule has 0 amide bonds. The van der Waals surface area contributed by atoms with Crippen molar-refractivity contribution in [3.8, 4) is 0 Å². The molecule has 0 radical (unpaired) electrons. The van der Waals surface area contributed by atoms with Crippen molar-refractivity contribution < 1.29 is 21.8 Å². The molecule has 0 fully saturated rings. The maximum Gasteiger partial charge on any atom is 0.426 e. The molecule has 0 saturated heterocycles. The molecule has 0 aromatic rings. The second kappa shape index (κ2) is 36.7. The second-order valence-electron chi connectivity index (χ2n) is 13.8. The van der Waals surface area contributed by atoms with Crippen molar-refractivity contribution in [3.63, 3.8) is 0 Å². The Bertz CT molecular complexity index is 618. The van der Waals surface area contributed by atoms with E-state index in [0.717, 1.165) is 38.5 Å². The highest BCUT2D eigenvalue weighted by Crippen LogP contribution is 2.20. The standard InChI is InChI=1S/C39H80O5S/c1-4-7-9-11-13-15-17-19-21-23-25-27-29-31-33-35-37-39(43-45(40,41)44-42-6-3)38-36-34-32-30-28-26-24-22-20-18-16-14-12-10-8-5-2/h39H,4-38H2,1-3H3. The van der Waals surface area contributed by atoms with Crippen LogP contribution >= 0.6 is 0 Å². The van der Waals surface area contributed by atoms with Crippen LogP contribution in [-0.2, 0) is 23.8 Å². The molecule has 6 heteroatoms. The average Bonchev–Trinajstić information content (AvgIpc) is 3.03. The predicted molar refractivity (Wildman–Crippen MR) is 195 cm³/mol. The minimum absolute atomic E-state index is 0.172. The van der Waals surface area contributed by atoms with Gasteiger partial charge in [0, 0.05) is 0 Å². The van der Waals surface area contributed by atoms with Gasteiger partial charge in [0.25, 0.3) is 0 Å². The molecule has 0 bridgehead atoms. The molecule has 272 valence electrons. The fourth-order valence-corrected chi connectivity index (χ4v) is 7.14. The van der Waals surface area contributed by atoms with Crippen LogP contribution in [0, 0.1) is 0 Å². The summed E-state index contributed by atoms with van der Waals surface area (Å²) in [6.45, 7) is 6.43. The third-order valence-corrected chi connectivity index (χ3v) is 10.0. The van der Waals surface area contributed by atoms with Gasteiger partial charge in [-0.1, -0.05) is 224 Å². The zero-order chi connectivity index (χ0) is 32.9. The van der Waals surface area contributed by atoms with Crippen LogP contribution in [0.1, 0.15) is 239 Å². The largest absolute Gasteiger partial charge is 0.426 e. The molecule has 5 nitrogen and oxygen atoms in total. The highest BCUT2D eigenvalue weighted by molar-refractivity contribution is 7.81. The maximum atomic E-state index is 12.2. The molecule has 0 spiro atoms. The van der Waals surface area contributed by atoms with E-state index in [2.05, 4.69) is 23.1 Å². The number of hydrogen-bond donors (Lipinski definition) is 0. The highest BCUT2D eigenvalue weighted by atomic mass is 32.3. The Morgan fingerprint density at radius 1 is 0.378 bits per heavy atom. The molecule has 0 unspecified atom stereocenters. The summed E-state index contributed by atoms with van der Waals surface area (Å²) < 4.78 is 34.3. The van der Waals surface area contributed by atoms with E-state index in [9.17, 15) is 8.42 Å². The van der Waals surface area contributed by atoms with Gasteiger partial charge < -0.3 is 0 Å². The summed E-state index contributed by atoms with van der Waals surface area (Å²) in [5.41, 5.74) is 0. The number of rotatable bonds is 39. The predicted octanol–water partition coefficient (Wildman–Crippen LogP) is 13.9. The SMILES string of the molecule is CCCCCCCCCCCCCCCCCCC(CCCCCCCCCCCCCCCCCC)OS(=O)(=O)OOCC. The lowest BCUT2D eigenvalue weighted by Gasteiger charge is -2.16. The Morgan fingerprint density at radius 3 is 0.867 bits per heavy atom. The van der Waals surface area contributed by atoms with Crippen molar-refractivity contribution >= 4 is 10.4 Å². The normalized spacial score (nSPS) is 12.1. The van der Waals surface area contributed by atoms with Gasteiger partial charge in [-0.2, -0.15) is 8.42 Å². The van der Waals surface area contributed by atoms with Crippen molar-refractivity contribution in [3.05, 3.63) is 0 Å². The van der Waals surface area contributed by atoms with Gasteiger partial charge in [0.2, 0.25) is 0 Å². The molecule has 0 heterocycles. The zero-order valence-electron chi connectivity index (χ0n) is 30.8. The first-order valence-corrected chi connectivity index (χ1v) is 21.6. The molecule has 0 rings (SSSR count).